The second-order valence-corrected chi connectivity index (χ2v) is 6.93. The van der Waals surface area contributed by atoms with Crippen molar-refractivity contribution in [3.63, 3.8) is 0 Å². The van der Waals surface area contributed by atoms with E-state index in [2.05, 4.69) is 15.6 Å². The minimum Gasteiger partial charge on any atom is -0.383 e. The normalized spacial score (nSPS) is 10.3. The first-order valence-corrected chi connectivity index (χ1v) is 10.5. The average molecular weight is 462 g/mol. The van der Waals surface area contributed by atoms with Crippen LogP contribution in [0.25, 0.3) is 11.1 Å². The number of benzene rings is 1. The number of hydrogen-bond acceptors (Lipinski definition) is 5. The summed E-state index contributed by atoms with van der Waals surface area (Å²) in [6, 6.07) is 6.43. The zero-order valence-corrected chi connectivity index (χ0v) is 19.1. The Labute approximate surface area is 187 Å². The van der Waals surface area contributed by atoms with Gasteiger partial charge in [-0.3, -0.25) is 4.79 Å². The number of amides is 1. The molecule has 4 N–H and O–H groups in total. The van der Waals surface area contributed by atoms with Gasteiger partial charge >= 0.3 is 0 Å². The highest BCUT2D eigenvalue weighted by Crippen LogP contribution is 2.38. The summed E-state index contributed by atoms with van der Waals surface area (Å²) in [6.45, 7) is 6.35. The summed E-state index contributed by atoms with van der Waals surface area (Å²) in [5.74, 6) is -0.173. The molecule has 1 aromatic carbocycles. The largest absolute Gasteiger partial charge is 0.383 e. The van der Waals surface area contributed by atoms with Crippen molar-refractivity contribution in [3.05, 3.63) is 45.0 Å². The molecule has 1 amide bonds. The molecule has 0 bridgehead atoms. The molecule has 0 radical (unpaired) electrons. The molecule has 0 aliphatic heterocycles. The Morgan fingerprint density at radius 1 is 1.10 bits per heavy atom. The van der Waals surface area contributed by atoms with Gasteiger partial charge in [0.1, 0.15) is 11.5 Å². The minimum atomic E-state index is -0.331. The molecule has 6 nitrogen and oxygen atoms in total. The van der Waals surface area contributed by atoms with Gasteiger partial charge in [-0.1, -0.05) is 48.7 Å². The van der Waals surface area contributed by atoms with Crippen LogP contribution < -0.4 is 16.4 Å². The highest BCUT2D eigenvalue weighted by molar-refractivity contribution is 6.45. The Bertz CT molecular complexity index is 804. The summed E-state index contributed by atoms with van der Waals surface area (Å²) in [5.41, 5.74) is 7.33. The number of rotatable bonds is 9. The van der Waals surface area contributed by atoms with Crippen LogP contribution in [0.1, 0.15) is 30.8 Å². The van der Waals surface area contributed by atoms with Crippen LogP contribution in [-0.4, -0.2) is 44.2 Å². The number of hydrogen-bond donors (Lipinski definition) is 3. The molecular weight excluding hydrogens is 435 g/mol. The second-order valence-electron chi connectivity index (χ2n) is 5.70. The molecule has 0 fully saturated rings. The molecule has 160 valence electrons. The van der Waals surface area contributed by atoms with Gasteiger partial charge in [-0.25, -0.2) is 4.98 Å². The van der Waals surface area contributed by atoms with E-state index < -0.39 is 0 Å². The fourth-order valence-corrected chi connectivity index (χ4v) is 3.07. The predicted octanol–water partition coefficient (Wildman–Crippen LogP) is 4.67. The Morgan fingerprint density at radius 2 is 1.83 bits per heavy atom. The summed E-state index contributed by atoms with van der Waals surface area (Å²) in [4.78, 5) is 16.4. The Kier molecular flexibility index (Phi) is 12.0. The van der Waals surface area contributed by atoms with Crippen LogP contribution in [0.3, 0.4) is 0 Å². The number of nitrogens with one attached hydrogen (secondary N) is 2. The van der Waals surface area contributed by atoms with Crippen LogP contribution >= 0.6 is 34.8 Å². The lowest BCUT2D eigenvalue weighted by atomic mass is 10.1. The molecular formula is C20H27Cl3N4O2. The van der Waals surface area contributed by atoms with Gasteiger partial charge in [0.15, 0.2) is 0 Å². The van der Waals surface area contributed by atoms with E-state index in [0.717, 1.165) is 13.0 Å². The second kappa shape index (κ2) is 13.6. The molecule has 0 saturated carbocycles. The Morgan fingerprint density at radius 3 is 2.48 bits per heavy atom. The third kappa shape index (κ3) is 7.99. The number of anilines is 1. The van der Waals surface area contributed by atoms with Gasteiger partial charge in [-0.2, -0.15) is 0 Å². The first-order chi connectivity index (χ1) is 13.9. The number of nitrogens with two attached hydrogens (primary N) is 1. The minimum absolute atomic E-state index is 0.159. The van der Waals surface area contributed by atoms with E-state index in [1.807, 2.05) is 20.9 Å². The van der Waals surface area contributed by atoms with E-state index in [1.165, 1.54) is 0 Å². The van der Waals surface area contributed by atoms with Gasteiger partial charge in [-0.15, -0.1) is 0 Å². The number of carbonyl (C=O) groups excluding carboxylic acids is 1. The van der Waals surface area contributed by atoms with E-state index in [1.54, 1.807) is 24.3 Å². The van der Waals surface area contributed by atoms with Crippen LogP contribution in [0.5, 0.6) is 0 Å². The summed E-state index contributed by atoms with van der Waals surface area (Å²) >= 11 is 18.3. The maximum atomic E-state index is 12.2. The van der Waals surface area contributed by atoms with Crippen LogP contribution in [0.2, 0.25) is 15.1 Å². The SMILES string of the molecule is CC.CNCCCOCCNC(=O)c1ccc(-c2cc(Cl)cc(Cl)c2Cl)c(N)n1. The van der Waals surface area contributed by atoms with Crippen molar-refractivity contribution in [3.8, 4) is 11.1 Å². The summed E-state index contributed by atoms with van der Waals surface area (Å²) in [6.07, 6.45) is 0.917. The average Bonchev–Trinajstić information content (AvgIpc) is 2.71. The van der Waals surface area contributed by atoms with Gasteiger partial charge in [0, 0.05) is 29.3 Å². The lowest BCUT2D eigenvalue weighted by Crippen LogP contribution is -2.28. The number of halogens is 3. The highest BCUT2D eigenvalue weighted by atomic mass is 35.5. The molecule has 9 heteroatoms. The smallest absolute Gasteiger partial charge is 0.270 e. The van der Waals surface area contributed by atoms with Crippen molar-refractivity contribution in [2.45, 2.75) is 20.3 Å². The molecule has 0 spiro atoms. The standard InChI is InChI=1S/C18H21Cl3N4O2.C2H6/c1-23-5-2-7-27-8-6-24-18(26)15-4-3-12(17(22)25-15)13-9-11(19)10-14(20)16(13)21;1-2/h3-4,9-10,23H,2,5-8H2,1H3,(H2,22,25)(H,24,26);1-2H3. The zero-order valence-electron chi connectivity index (χ0n) is 16.8. The first-order valence-electron chi connectivity index (χ1n) is 9.36. The van der Waals surface area contributed by atoms with Crippen molar-refractivity contribution in [2.75, 3.05) is 39.1 Å². The monoisotopic (exact) mass is 460 g/mol. The number of ether oxygens (including phenoxy) is 1. The van der Waals surface area contributed by atoms with Gasteiger partial charge in [0.2, 0.25) is 0 Å². The number of nitrogens with zero attached hydrogens (tertiary/aromatic N) is 1. The molecule has 0 unspecified atom stereocenters. The van der Waals surface area contributed by atoms with Crippen molar-refractivity contribution in [2.24, 2.45) is 0 Å². The zero-order chi connectivity index (χ0) is 21.8. The number of carbonyl (C=O) groups is 1. The van der Waals surface area contributed by atoms with E-state index in [0.29, 0.717) is 46.0 Å². The third-order valence-electron chi connectivity index (χ3n) is 3.69. The Hall–Kier alpha value is -1.57. The fourth-order valence-electron chi connectivity index (χ4n) is 2.36. The van der Waals surface area contributed by atoms with Crippen LogP contribution in [0.15, 0.2) is 24.3 Å². The van der Waals surface area contributed by atoms with Crippen molar-refractivity contribution >= 4 is 46.5 Å². The molecule has 0 aliphatic carbocycles. The lowest BCUT2D eigenvalue weighted by molar-refractivity contribution is 0.0909. The van der Waals surface area contributed by atoms with Crippen molar-refractivity contribution in [1.29, 1.82) is 0 Å². The third-order valence-corrected chi connectivity index (χ3v) is 4.71. The Balaban J connectivity index is 0.00000204. The lowest BCUT2D eigenvalue weighted by Gasteiger charge is -2.11. The number of nitrogen functional groups attached to an aromatic ring is 1. The predicted molar refractivity (Wildman–Crippen MR) is 122 cm³/mol. The summed E-state index contributed by atoms with van der Waals surface area (Å²) < 4.78 is 5.42. The first kappa shape index (κ1) is 25.5. The molecule has 29 heavy (non-hydrogen) atoms. The van der Waals surface area contributed by atoms with Crippen LogP contribution in [-0.2, 0) is 4.74 Å². The van der Waals surface area contributed by atoms with E-state index >= 15 is 0 Å². The molecule has 2 rings (SSSR count). The molecule has 2 aromatic rings. The quantitative estimate of drug-likeness (QED) is 0.373. The van der Waals surface area contributed by atoms with Crippen molar-refractivity contribution < 1.29 is 9.53 Å². The van der Waals surface area contributed by atoms with Crippen molar-refractivity contribution in [1.82, 2.24) is 15.6 Å². The maximum absolute atomic E-state index is 12.2. The summed E-state index contributed by atoms with van der Waals surface area (Å²) in [5, 5.41) is 6.84. The van der Waals surface area contributed by atoms with Gasteiger partial charge in [-0.05, 0) is 44.3 Å². The topological polar surface area (TPSA) is 89.3 Å². The fraction of sp³-hybridized carbons (Fsp3) is 0.400. The van der Waals surface area contributed by atoms with E-state index in [-0.39, 0.29) is 17.4 Å². The number of pyridine rings is 1. The van der Waals surface area contributed by atoms with Gasteiger partial charge < -0.3 is 21.1 Å². The van der Waals surface area contributed by atoms with E-state index in [4.69, 9.17) is 45.3 Å². The molecule has 0 saturated heterocycles. The van der Waals surface area contributed by atoms with Gasteiger partial charge in [0.25, 0.3) is 5.91 Å². The molecule has 1 heterocycles. The molecule has 1 aromatic heterocycles. The molecule has 0 aliphatic rings. The maximum Gasteiger partial charge on any atom is 0.270 e. The van der Waals surface area contributed by atoms with Crippen LogP contribution in [0, 0.1) is 0 Å². The van der Waals surface area contributed by atoms with Crippen LogP contribution in [0.4, 0.5) is 5.82 Å². The summed E-state index contributed by atoms with van der Waals surface area (Å²) in [7, 11) is 1.89. The molecule has 0 atom stereocenters. The highest BCUT2D eigenvalue weighted by Gasteiger charge is 2.15. The van der Waals surface area contributed by atoms with E-state index in [9.17, 15) is 4.79 Å². The number of aromatic nitrogens is 1. The van der Waals surface area contributed by atoms with Gasteiger partial charge in [0.05, 0.1) is 16.7 Å².